The van der Waals surface area contributed by atoms with Crippen LogP contribution in [0.15, 0.2) is 83.8 Å². The maximum Gasteiger partial charge on any atom is 0.264 e. The lowest BCUT2D eigenvalue weighted by atomic mass is 10.0. The van der Waals surface area contributed by atoms with Crippen LogP contribution in [0.1, 0.15) is 37.8 Å². The lowest BCUT2D eigenvalue weighted by molar-refractivity contribution is -0.114. The summed E-state index contributed by atoms with van der Waals surface area (Å²) < 4.78 is 28.2. The Balaban J connectivity index is 1.99. The molecule has 0 aliphatic rings. The molecule has 5 nitrogen and oxygen atoms in total. The minimum atomic E-state index is -3.93. The number of nitrogens with zero attached hydrogens (tertiary/aromatic N) is 1. The highest BCUT2D eigenvalue weighted by molar-refractivity contribution is 7.92. The lowest BCUT2D eigenvalue weighted by Gasteiger charge is -2.26. The van der Waals surface area contributed by atoms with Gasteiger partial charge in [-0.3, -0.25) is 9.10 Å². The Hall–Kier alpha value is -3.12. The highest BCUT2D eigenvalue weighted by Gasteiger charge is 2.28. The Morgan fingerprint density at radius 2 is 1.52 bits per heavy atom. The summed E-state index contributed by atoms with van der Waals surface area (Å²) in [4.78, 5) is 13.2. The third-order valence-electron chi connectivity index (χ3n) is 5.12. The number of aryl methyl sites for hydroxylation is 1. The number of nitrogens with one attached hydrogen (secondary N) is 1. The Morgan fingerprint density at radius 1 is 0.903 bits per heavy atom. The Kier molecular flexibility index (Phi) is 7.13. The van der Waals surface area contributed by atoms with Crippen molar-refractivity contribution in [2.75, 3.05) is 16.2 Å². The second-order valence-corrected chi connectivity index (χ2v) is 9.46. The smallest absolute Gasteiger partial charge is 0.264 e. The number of sulfonamides is 1. The first kappa shape index (κ1) is 22.6. The van der Waals surface area contributed by atoms with E-state index in [1.807, 2.05) is 43.3 Å². The number of rotatable bonds is 8. The van der Waals surface area contributed by atoms with E-state index in [4.69, 9.17) is 0 Å². The minimum absolute atomic E-state index is 0.149. The maximum atomic E-state index is 13.5. The molecule has 0 aliphatic carbocycles. The van der Waals surface area contributed by atoms with Crippen LogP contribution in [0.3, 0.4) is 0 Å². The highest BCUT2D eigenvalue weighted by atomic mass is 32.2. The van der Waals surface area contributed by atoms with Crippen molar-refractivity contribution in [1.82, 2.24) is 0 Å². The van der Waals surface area contributed by atoms with Crippen molar-refractivity contribution in [3.8, 4) is 0 Å². The first-order chi connectivity index (χ1) is 14.8. The second kappa shape index (κ2) is 9.79. The van der Waals surface area contributed by atoms with Gasteiger partial charge in [0, 0.05) is 5.69 Å². The Bertz CT molecular complexity index is 1140. The van der Waals surface area contributed by atoms with Gasteiger partial charge in [-0.05, 0) is 47.7 Å². The zero-order valence-electron chi connectivity index (χ0n) is 18.1. The summed E-state index contributed by atoms with van der Waals surface area (Å²) in [6.07, 6.45) is 0.648. The van der Waals surface area contributed by atoms with E-state index < -0.39 is 15.9 Å². The van der Waals surface area contributed by atoms with Crippen molar-refractivity contribution in [2.24, 2.45) is 0 Å². The molecule has 3 aromatic rings. The average Bonchev–Trinajstić information content (AvgIpc) is 2.78. The molecule has 0 spiro atoms. The van der Waals surface area contributed by atoms with E-state index in [0.29, 0.717) is 17.8 Å². The largest absolute Gasteiger partial charge is 0.324 e. The molecule has 0 saturated heterocycles. The number of amides is 1. The van der Waals surface area contributed by atoms with Gasteiger partial charge in [0.25, 0.3) is 10.0 Å². The van der Waals surface area contributed by atoms with E-state index in [9.17, 15) is 13.2 Å². The second-order valence-electron chi connectivity index (χ2n) is 7.60. The minimum Gasteiger partial charge on any atom is -0.324 e. The van der Waals surface area contributed by atoms with Gasteiger partial charge >= 0.3 is 0 Å². The molecule has 0 atom stereocenters. The molecule has 3 aromatic carbocycles. The molecule has 0 heterocycles. The molecule has 31 heavy (non-hydrogen) atoms. The molecule has 6 heteroatoms. The molecule has 3 rings (SSSR count). The quantitative estimate of drug-likeness (QED) is 0.527. The predicted octanol–water partition coefficient (Wildman–Crippen LogP) is 5.21. The van der Waals surface area contributed by atoms with Gasteiger partial charge in [-0.15, -0.1) is 0 Å². The standard InChI is InChI=1S/C25H28N2O3S/c1-4-20-12-8-11-17-24(20)27(31(29,30)21-13-6-5-7-14-21)18-25(28)26-23-16-10-9-15-22(23)19(2)3/h5-17,19H,4,18H2,1-3H3,(H,26,28). The van der Waals surface area contributed by atoms with Crippen LogP contribution >= 0.6 is 0 Å². The molecule has 1 N–H and O–H groups in total. The van der Waals surface area contributed by atoms with Gasteiger partial charge in [-0.2, -0.15) is 0 Å². The Labute approximate surface area is 184 Å². The molecule has 162 valence electrons. The Morgan fingerprint density at radius 3 is 2.19 bits per heavy atom. The summed E-state index contributed by atoms with van der Waals surface area (Å²) in [6.45, 7) is 5.75. The molecular weight excluding hydrogens is 408 g/mol. The van der Waals surface area contributed by atoms with Crippen LogP contribution in [0.4, 0.5) is 11.4 Å². The fourth-order valence-electron chi connectivity index (χ4n) is 3.51. The summed E-state index contributed by atoms with van der Waals surface area (Å²) in [5, 5.41) is 2.91. The molecule has 1 amide bonds. The fourth-order valence-corrected chi connectivity index (χ4v) is 4.99. The molecule has 0 bridgehead atoms. The SMILES string of the molecule is CCc1ccccc1N(CC(=O)Nc1ccccc1C(C)C)S(=O)(=O)c1ccccc1. The van der Waals surface area contributed by atoms with Crippen LogP contribution in [0.2, 0.25) is 0 Å². The lowest BCUT2D eigenvalue weighted by Crippen LogP contribution is -2.38. The van der Waals surface area contributed by atoms with Gasteiger partial charge in [-0.25, -0.2) is 8.42 Å². The number of carbonyl (C=O) groups excluding carboxylic acids is 1. The van der Waals surface area contributed by atoms with E-state index >= 15 is 0 Å². The molecule has 0 aromatic heterocycles. The molecule has 0 aliphatic heterocycles. The van der Waals surface area contributed by atoms with E-state index in [1.165, 1.54) is 4.31 Å². The summed E-state index contributed by atoms with van der Waals surface area (Å²) in [6, 6.07) is 23.1. The van der Waals surface area contributed by atoms with E-state index in [0.717, 1.165) is 11.1 Å². The van der Waals surface area contributed by atoms with E-state index in [-0.39, 0.29) is 17.4 Å². The zero-order chi connectivity index (χ0) is 22.4. The first-order valence-corrected chi connectivity index (χ1v) is 11.8. The van der Waals surface area contributed by atoms with Crippen molar-refractivity contribution < 1.29 is 13.2 Å². The number of hydrogen-bond donors (Lipinski definition) is 1. The van der Waals surface area contributed by atoms with Crippen LogP contribution in [0.25, 0.3) is 0 Å². The van der Waals surface area contributed by atoms with Crippen molar-refractivity contribution in [3.05, 3.63) is 90.0 Å². The third-order valence-corrected chi connectivity index (χ3v) is 6.89. The predicted molar refractivity (Wildman–Crippen MR) is 126 cm³/mol. The highest BCUT2D eigenvalue weighted by Crippen LogP contribution is 2.28. The maximum absolute atomic E-state index is 13.5. The van der Waals surface area contributed by atoms with Gasteiger partial charge in [0.15, 0.2) is 0 Å². The first-order valence-electron chi connectivity index (χ1n) is 10.4. The van der Waals surface area contributed by atoms with Gasteiger partial charge in [0.1, 0.15) is 6.54 Å². The fraction of sp³-hybridized carbons (Fsp3) is 0.240. The number of hydrogen-bond acceptors (Lipinski definition) is 3. The summed E-state index contributed by atoms with van der Waals surface area (Å²) in [5.41, 5.74) is 3.07. The van der Waals surface area contributed by atoms with Crippen LogP contribution in [-0.4, -0.2) is 20.9 Å². The van der Waals surface area contributed by atoms with Gasteiger partial charge < -0.3 is 5.32 Å². The van der Waals surface area contributed by atoms with E-state index in [1.54, 1.807) is 42.5 Å². The van der Waals surface area contributed by atoms with Crippen LogP contribution in [-0.2, 0) is 21.2 Å². The van der Waals surface area contributed by atoms with Crippen molar-refractivity contribution >= 4 is 27.3 Å². The number of carbonyl (C=O) groups is 1. The summed E-state index contributed by atoms with van der Waals surface area (Å²) in [7, 11) is -3.93. The van der Waals surface area contributed by atoms with Crippen molar-refractivity contribution in [3.63, 3.8) is 0 Å². The average molecular weight is 437 g/mol. The number of anilines is 2. The van der Waals surface area contributed by atoms with Gasteiger partial charge in [0.05, 0.1) is 10.6 Å². The van der Waals surface area contributed by atoms with Crippen molar-refractivity contribution in [2.45, 2.75) is 38.0 Å². The zero-order valence-corrected chi connectivity index (χ0v) is 18.9. The molecular formula is C25H28N2O3S. The normalized spacial score (nSPS) is 11.4. The summed E-state index contributed by atoms with van der Waals surface area (Å²) >= 11 is 0. The molecule has 0 radical (unpaired) electrons. The summed E-state index contributed by atoms with van der Waals surface area (Å²) in [5.74, 6) is -0.167. The van der Waals surface area contributed by atoms with Crippen LogP contribution < -0.4 is 9.62 Å². The molecule has 0 unspecified atom stereocenters. The van der Waals surface area contributed by atoms with Gasteiger partial charge in [0.2, 0.25) is 5.91 Å². The number of benzene rings is 3. The number of para-hydroxylation sites is 2. The van der Waals surface area contributed by atoms with E-state index in [2.05, 4.69) is 19.2 Å². The third kappa shape index (κ3) is 5.14. The van der Waals surface area contributed by atoms with Crippen molar-refractivity contribution in [1.29, 1.82) is 0 Å². The van der Waals surface area contributed by atoms with Crippen LogP contribution in [0, 0.1) is 0 Å². The monoisotopic (exact) mass is 436 g/mol. The molecule has 0 saturated carbocycles. The van der Waals surface area contributed by atoms with Gasteiger partial charge in [-0.1, -0.05) is 75.4 Å². The van der Waals surface area contributed by atoms with Crippen LogP contribution in [0.5, 0.6) is 0 Å². The molecule has 0 fully saturated rings. The topological polar surface area (TPSA) is 66.5 Å².